The van der Waals surface area contributed by atoms with Crippen molar-refractivity contribution in [1.82, 2.24) is 10.3 Å². The quantitative estimate of drug-likeness (QED) is 0.896. The molecule has 2 aliphatic rings. The molecule has 120 valence electrons. The summed E-state index contributed by atoms with van der Waals surface area (Å²) >= 11 is 0. The predicted molar refractivity (Wildman–Crippen MR) is 86.4 cm³/mol. The van der Waals surface area contributed by atoms with Crippen LogP contribution in [0.15, 0.2) is 30.6 Å². The highest BCUT2D eigenvalue weighted by molar-refractivity contribution is 6.06. The zero-order valence-electron chi connectivity index (χ0n) is 12.9. The van der Waals surface area contributed by atoms with E-state index >= 15 is 0 Å². The third kappa shape index (κ3) is 2.59. The Morgan fingerprint density at radius 2 is 2.09 bits per heavy atom. The van der Waals surface area contributed by atoms with Crippen molar-refractivity contribution in [2.45, 2.75) is 44.2 Å². The Kier molecular flexibility index (Phi) is 3.34. The molecule has 2 fully saturated rings. The van der Waals surface area contributed by atoms with Crippen LogP contribution in [-0.4, -0.2) is 23.0 Å². The number of nitrogens with two attached hydrogens (primary N) is 1. The van der Waals surface area contributed by atoms with Gasteiger partial charge in [0.25, 0.3) is 5.91 Å². The Morgan fingerprint density at radius 3 is 2.78 bits per heavy atom. The number of nitrogens with zero attached hydrogens (tertiary/aromatic N) is 1. The topological polar surface area (TPSA) is 68.0 Å². The van der Waals surface area contributed by atoms with E-state index in [0.29, 0.717) is 27.8 Å². The van der Waals surface area contributed by atoms with E-state index in [1.807, 2.05) is 0 Å². The van der Waals surface area contributed by atoms with Gasteiger partial charge in [0.2, 0.25) is 0 Å². The van der Waals surface area contributed by atoms with Crippen molar-refractivity contribution in [3.63, 3.8) is 0 Å². The summed E-state index contributed by atoms with van der Waals surface area (Å²) in [4.78, 5) is 16.6. The Morgan fingerprint density at radius 1 is 1.35 bits per heavy atom. The minimum atomic E-state index is -0.402. The molecular weight excluding hydrogens is 293 g/mol. The van der Waals surface area contributed by atoms with Gasteiger partial charge >= 0.3 is 0 Å². The van der Waals surface area contributed by atoms with Crippen LogP contribution in [0, 0.1) is 11.2 Å². The fourth-order valence-electron chi connectivity index (χ4n) is 3.90. The van der Waals surface area contributed by atoms with Crippen LogP contribution < -0.4 is 11.1 Å². The smallest absolute Gasteiger partial charge is 0.252 e. The third-order valence-electron chi connectivity index (χ3n) is 5.53. The van der Waals surface area contributed by atoms with Crippen LogP contribution in [0.3, 0.4) is 0 Å². The molecule has 1 amide bonds. The lowest BCUT2D eigenvalue weighted by Crippen LogP contribution is -2.39. The molecule has 1 unspecified atom stereocenters. The van der Waals surface area contributed by atoms with Gasteiger partial charge in [-0.1, -0.05) is 0 Å². The number of nitrogens with one attached hydrogen (secondary N) is 1. The molecule has 1 aromatic heterocycles. The summed E-state index contributed by atoms with van der Waals surface area (Å²) in [6, 6.07) is 4.93. The number of pyridine rings is 1. The number of fused-ring (bicyclic) bond motifs is 1. The van der Waals surface area contributed by atoms with Gasteiger partial charge in [0.1, 0.15) is 5.82 Å². The van der Waals surface area contributed by atoms with Crippen molar-refractivity contribution in [2.24, 2.45) is 11.1 Å². The largest absolute Gasteiger partial charge is 0.349 e. The molecular formula is C18H20FN3O. The molecule has 1 spiro atoms. The maximum absolute atomic E-state index is 13.8. The van der Waals surface area contributed by atoms with Gasteiger partial charge < -0.3 is 11.1 Å². The van der Waals surface area contributed by atoms with E-state index in [9.17, 15) is 9.18 Å². The van der Waals surface area contributed by atoms with Crippen molar-refractivity contribution in [3.05, 3.63) is 42.0 Å². The van der Waals surface area contributed by atoms with Crippen LogP contribution in [0.25, 0.3) is 10.8 Å². The van der Waals surface area contributed by atoms with Crippen LogP contribution in [0.1, 0.15) is 42.5 Å². The lowest BCUT2D eigenvalue weighted by atomic mass is 9.82. The Hall–Kier alpha value is -2.01. The number of amides is 1. The summed E-state index contributed by atoms with van der Waals surface area (Å²) < 4.78 is 13.8. The van der Waals surface area contributed by atoms with Gasteiger partial charge in [-0.15, -0.1) is 0 Å². The van der Waals surface area contributed by atoms with Crippen molar-refractivity contribution < 1.29 is 9.18 Å². The lowest BCUT2D eigenvalue weighted by Gasteiger charge is -2.29. The fraction of sp³-hybridized carbons (Fsp3) is 0.444. The van der Waals surface area contributed by atoms with Gasteiger partial charge in [0.05, 0.1) is 5.56 Å². The number of benzene rings is 1. The highest BCUT2D eigenvalue weighted by Gasteiger charge is 2.52. The second-order valence-electron chi connectivity index (χ2n) is 6.97. The average Bonchev–Trinajstić information content (AvgIpc) is 3.17. The lowest BCUT2D eigenvalue weighted by molar-refractivity contribution is 0.0920. The van der Waals surface area contributed by atoms with Crippen LogP contribution in [0.2, 0.25) is 0 Å². The molecule has 5 heteroatoms. The normalized spacial score (nSPS) is 29.7. The molecule has 0 aliphatic heterocycles. The van der Waals surface area contributed by atoms with Crippen molar-refractivity contribution >= 4 is 16.7 Å². The maximum atomic E-state index is 13.8. The van der Waals surface area contributed by atoms with Crippen molar-refractivity contribution in [1.29, 1.82) is 0 Å². The minimum absolute atomic E-state index is 0.149. The predicted octanol–water partition coefficient (Wildman–Crippen LogP) is 2.76. The van der Waals surface area contributed by atoms with E-state index in [1.165, 1.54) is 12.1 Å². The highest BCUT2D eigenvalue weighted by atomic mass is 19.1. The number of rotatable bonds is 2. The number of hydrogen-bond acceptors (Lipinski definition) is 3. The summed E-state index contributed by atoms with van der Waals surface area (Å²) in [5.74, 6) is -0.621. The minimum Gasteiger partial charge on any atom is -0.349 e. The molecule has 0 radical (unpaired) electrons. The average molecular weight is 313 g/mol. The molecule has 2 aliphatic carbocycles. The maximum Gasteiger partial charge on any atom is 0.252 e. The first-order valence-electron chi connectivity index (χ1n) is 8.17. The molecule has 23 heavy (non-hydrogen) atoms. The Labute approximate surface area is 134 Å². The Balaban J connectivity index is 1.51. The van der Waals surface area contributed by atoms with Gasteiger partial charge in [-0.2, -0.15) is 0 Å². The summed E-state index contributed by atoms with van der Waals surface area (Å²) in [5.41, 5.74) is 6.71. The molecule has 3 N–H and O–H groups in total. The number of hydrogen-bond donors (Lipinski definition) is 2. The van der Waals surface area contributed by atoms with Gasteiger partial charge in [-0.25, -0.2) is 4.39 Å². The molecule has 0 saturated heterocycles. The first kappa shape index (κ1) is 14.6. The molecule has 1 heterocycles. The monoisotopic (exact) mass is 313 g/mol. The van der Waals surface area contributed by atoms with E-state index in [4.69, 9.17) is 5.73 Å². The number of aromatic nitrogens is 1. The second kappa shape index (κ2) is 5.27. The number of carbonyl (C=O) groups excluding carboxylic acids is 1. The SMILES string of the molecule is NC1CC12CCC(NC(=O)c1cc(F)cc3ccncc13)CC2. The Bertz CT molecular complexity index is 768. The van der Waals surface area contributed by atoms with Crippen LogP contribution in [0.4, 0.5) is 4.39 Å². The molecule has 4 rings (SSSR count). The van der Waals surface area contributed by atoms with Gasteiger partial charge in [0, 0.05) is 29.9 Å². The van der Waals surface area contributed by atoms with E-state index in [0.717, 1.165) is 32.1 Å². The van der Waals surface area contributed by atoms with E-state index in [1.54, 1.807) is 18.5 Å². The van der Waals surface area contributed by atoms with Crippen molar-refractivity contribution in [3.8, 4) is 0 Å². The zero-order chi connectivity index (χ0) is 16.0. The zero-order valence-corrected chi connectivity index (χ0v) is 12.9. The van der Waals surface area contributed by atoms with Gasteiger partial charge in [-0.3, -0.25) is 9.78 Å². The second-order valence-corrected chi connectivity index (χ2v) is 6.97. The van der Waals surface area contributed by atoms with E-state index in [2.05, 4.69) is 10.3 Å². The fourth-order valence-corrected chi connectivity index (χ4v) is 3.90. The molecule has 2 saturated carbocycles. The van der Waals surface area contributed by atoms with E-state index in [-0.39, 0.29) is 11.9 Å². The third-order valence-corrected chi connectivity index (χ3v) is 5.53. The van der Waals surface area contributed by atoms with E-state index < -0.39 is 5.82 Å². The van der Waals surface area contributed by atoms with Gasteiger partial charge in [-0.05, 0) is 61.1 Å². The molecule has 2 aromatic rings. The van der Waals surface area contributed by atoms with Crippen molar-refractivity contribution in [2.75, 3.05) is 0 Å². The van der Waals surface area contributed by atoms with Crippen LogP contribution in [0.5, 0.6) is 0 Å². The summed E-state index contributed by atoms with van der Waals surface area (Å²) in [7, 11) is 0. The summed E-state index contributed by atoms with van der Waals surface area (Å²) in [5, 5.41) is 4.44. The number of halogens is 1. The standard InChI is InChI=1S/C18H20FN3O/c19-12-7-11-3-6-21-10-15(11)14(8-12)17(23)22-13-1-4-18(5-2-13)9-16(18)20/h3,6-8,10,13,16H,1-2,4-5,9,20H2,(H,22,23). The van der Waals surface area contributed by atoms with Crippen LogP contribution >= 0.6 is 0 Å². The first-order valence-corrected chi connectivity index (χ1v) is 8.17. The molecule has 4 nitrogen and oxygen atoms in total. The molecule has 1 atom stereocenters. The summed E-state index contributed by atoms with van der Waals surface area (Å²) in [6.07, 6.45) is 8.38. The molecule has 1 aromatic carbocycles. The molecule has 0 bridgehead atoms. The van der Waals surface area contributed by atoms with Gasteiger partial charge in [0.15, 0.2) is 0 Å². The first-order chi connectivity index (χ1) is 11.1. The number of carbonyl (C=O) groups is 1. The summed E-state index contributed by atoms with van der Waals surface area (Å²) in [6.45, 7) is 0. The highest BCUT2D eigenvalue weighted by Crippen LogP contribution is 2.55. The van der Waals surface area contributed by atoms with Crippen LogP contribution in [-0.2, 0) is 0 Å².